The molecule has 1 unspecified atom stereocenters. The number of hydrogen-bond acceptors (Lipinski definition) is 9. The Morgan fingerprint density at radius 3 is 2.94 bits per heavy atom. The Morgan fingerprint density at radius 1 is 1.32 bits per heavy atom. The SMILES string of the molecule is Cc1ncccc1Oc1cc(Sc2nccn2C)cnc1/N=c1/[nH]c(C(O)CO)bs1. The molecule has 0 bridgehead atoms. The molecule has 12 heteroatoms. The molecule has 158 valence electrons. The molecule has 0 fully saturated rings. The Balaban J connectivity index is 1.73. The summed E-state index contributed by atoms with van der Waals surface area (Å²) in [6.45, 7) is 1.49. The molecule has 4 rings (SSSR count). The van der Waals surface area contributed by atoms with Crippen LogP contribution >= 0.6 is 22.9 Å². The fraction of sp³-hybridized carbons (Fsp3) is 0.211. The van der Waals surface area contributed by atoms with Crippen molar-refractivity contribution in [2.24, 2.45) is 12.0 Å². The van der Waals surface area contributed by atoms with Crippen molar-refractivity contribution >= 4 is 34.9 Å². The van der Waals surface area contributed by atoms with Crippen LogP contribution in [-0.4, -0.2) is 47.5 Å². The number of rotatable bonds is 7. The zero-order valence-corrected chi connectivity index (χ0v) is 18.4. The quantitative estimate of drug-likeness (QED) is 0.392. The molecule has 0 aromatic carbocycles. The summed E-state index contributed by atoms with van der Waals surface area (Å²) in [6.07, 6.45) is 7.74. The van der Waals surface area contributed by atoms with Crippen LogP contribution in [0.4, 0.5) is 5.82 Å². The van der Waals surface area contributed by atoms with Gasteiger partial charge in [0.05, 0.1) is 0 Å². The summed E-state index contributed by atoms with van der Waals surface area (Å²) in [5.74, 6) is 1.43. The number of hydrogen-bond donors (Lipinski definition) is 3. The molecule has 4 heterocycles. The van der Waals surface area contributed by atoms with Crippen LogP contribution < -0.4 is 9.54 Å². The van der Waals surface area contributed by atoms with Gasteiger partial charge in [-0.15, -0.1) is 0 Å². The molecule has 0 spiro atoms. The Morgan fingerprint density at radius 2 is 2.19 bits per heavy atom. The Labute approximate surface area is 186 Å². The molecule has 4 aromatic heterocycles. The minimum atomic E-state index is -0.988. The number of aliphatic hydroxyl groups is 2. The number of imidazole rings is 1. The number of ether oxygens (including phenoxy) is 1. The molecule has 0 aliphatic carbocycles. The molecule has 0 saturated heterocycles. The van der Waals surface area contributed by atoms with Gasteiger partial charge < -0.3 is 0 Å². The van der Waals surface area contributed by atoms with Gasteiger partial charge in [0.15, 0.2) is 0 Å². The van der Waals surface area contributed by atoms with Gasteiger partial charge in [0.1, 0.15) is 0 Å². The predicted octanol–water partition coefficient (Wildman–Crippen LogP) is 2.45. The summed E-state index contributed by atoms with van der Waals surface area (Å²) >= 11 is 2.76. The first-order valence-corrected chi connectivity index (χ1v) is 11.0. The van der Waals surface area contributed by atoms with Gasteiger partial charge in [-0.3, -0.25) is 0 Å². The normalized spacial score (nSPS) is 12.7. The van der Waals surface area contributed by atoms with Crippen LogP contribution in [0.5, 0.6) is 11.5 Å². The predicted molar refractivity (Wildman–Crippen MR) is 118 cm³/mol. The zero-order valence-electron chi connectivity index (χ0n) is 16.8. The van der Waals surface area contributed by atoms with Crippen LogP contribution in [0.25, 0.3) is 0 Å². The average Bonchev–Trinajstić information content (AvgIpc) is 3.40. The molecular formula is C19H19BN6O3S2. The number of nitrogens with zero attached hydrogens (tertiary/aromatic N) is 5. The van der Waals surface area contributed by atoms with E-state index in [1.54, 1.807) is 30.8 Å². The standard InChI is InChI=1S/C19H19BN6O3S2/c1-11-14(4-3-5-21-11)29-15-8-12(30-19-22-6-7-26(19)2)9-23-17(15)25-18-24-16(20-31-18)13(28)10-27/h3-9,13,27-28H,10H2,1-2H3,(H,23,24,25). The first-order chi connectivity index (χ1) is 15.0. The van der Waals surface area contributed by atoms with E-state index in [0.717, 1.165) is 15.7 Å². The first kappa shape index (κ1) is 21.4. The third kappa shape index (κ3) is 5.10. The Kier molecular flexibility index (Phi) is 6.61. The van der Waals surface area contributed by atoms with Crippen molar-refractivity contribution in [2.45, 2.75) is 23.1 Å². The molecule has 0 amide bonds. The van der Waals surface area contributed by atoms with Crippen molar-refractivity contribution < 1.29 is 14.9 Å². The number of aromatic nitrogens is 5. The maximum atomic E-state index is 9.80. The molecule has 0 aliphatic heterocycles. The van der Waals surface area contributed by atoms with Crippen LogP contribution in [0.2, 0.25) is 0 Å². The molecular weight excluding hydrogens is 435 g/mol. The second kappa shape index (κ2) is 9.56. The van der Waals surface area contributed by atoms with E-state index in [4.69, 9.17) is 9.84 Å². The van der Waals surface area contributed by atoms with E-state index < -0.39 is 6.10 Å². The summed E-state index contributed by atoms with van der Waals surface area (Å²) in [5, 5.41) is 19.8. The van der Waals surface area contributed by atoms with Crippen LogP contribution in [0.15, 0.2) is 58.0 Å². The van der Waals surface area contributed by atoms with E-state index in [-0.39, 0.29) is 6.61 Å². The van der Waals surface area contributed by atoms with Gasteiger partial charge in [-0.2, -0.15) is 0 Å². The molecule has 3 N–H and O–H groups in total. The number of aromatic amines is 1. The van der Waals surface area contributed by atoms with Crippen molar-refractivity contribution in [1.29, 1.82) is 0 Å². The summed E-state index contributed by atoms with van der Waals surface area (Å²) in [6, 6.07) is 5.49. The number of aryl methyl sites for hydroxylation is 2. The molecule has 9 nitrogen and oxygen atoms in total. The number of aliphatic hydroxyl groups excluding tert-OH is 2. The molecule has 4 aromatic rings. The van der Waals surface area contributed by atoms with Crippen molar-refractivity contribution in [1.82, 2.24) is 24.5 Å². The zero-order chi connectivity index (χ0) is 21.8. The van der Waals surface area contributed by atoms with Gasteiger partial charge in [0, 0.05) is 0 Å². The molecule has 0 aliphatic rings. The van der Waals surface area contributed by atoms with Crippen LogP contribution in [0, 0.1) is 6.92 Å². The van der Waals surface area contributed by atoms with E-state index in [1.807, 2.05) is 36.9 Å². The number of pyridine rings is 2. The van der Waals surface area contributed by atoms with Crippen LogP contribution in [0.3, 0.4) is 0 Å². The van der Waals surface area contributed by atoms with E-state index >= 15 is 0 Å². The number of H-pyrrole nitrogens is 1. The third-order valence-electron chi connectivity index (χ3n) is 4.26. The van der Waals surface area contributed by atoms with E-state index in [0.29, 0.717) is 27.7 Å². The van der Waals surface area contributed by atoms with Crippen LogP contribution in [0.1, 0.15) is 17.4 Å². The molecule has 0 saturated carbocycles. The minimum absolute atomic E-state index is 0.371. The number of nitrogens with one attached hydrogen (secondary N) is 1. The van der Waals surface area contributed by atoms with E-state index in [9.17, 15) is 5.11 Å². The van der Waals surface area contributed by atoms with Gasteiger partial charge in [-0.05, 0) is 0 Å². The first-order valence-electron chi connectivity index (χ1n) is 9.29. The second-order valence-corrected chi connectivity index (χ2v) is 8.43. The monoisotopic (exact) mass is 454 g/mol. The van der Waals surface area contributed by atoms with Crippen molar-refractivity contribution in [3.05, 3.63) is 59.1 Å². The van der Waals surface area contributed by atoms with Gasteiger partial charge in [-0.1, -0.05) is 0 Å². The van der Waals surface area contributed by atoms with Crippen LogP contribution in [-0.2, 0) is 7.05 Å². The fourth-order valence-electron chi connectivity index (χ4n) is 2.60. The summed E-state index contributed by atoms with van der Waals surface area (Å²) in [7, 11) is 1.92. The molecule has 0 radical (unpaired) electrons. The average molecular weight is 454 g/mol. The van der Waals surface area contributed by atoms with Crippen molar-refractivity contribution in [2.75, 3.05) is 6.61 Å². The van der Waals surface area contributed by atoms with Gasteiger partial charge in [0.2, 0.25) is 0 Å². The van der Waals surface area contributed by atoms with E-state index in [2.05, 4.69) is 24.9 Å². The summed E-state index contributed by atoms with van der Waals surface area (Å²) in [5.41, 5.74) is 1.23. The van der Waals surface area contributed by atoms with Gasteiger partial charge in [-0.25, -0.2) is 0 Å². The van der Waals surface area contributed by atoms with Gasteiger partial charge >= 0.3 is 187 Å². The maximum absolute atomic E-state index is 9.80. The topological polar surface area (TPSA) is 121 Å². The Bertz CT molecular complexity index is 1260. The fourth-order valence-corrected chi connectivity index (χ4v) is 4.17. The Hall–Kier alpha value is -2.80. The van der Waals surface area contributed by atoms with Crippen molar-refractivity contribution in [3.8, 4) is 11.5 Å². The molecule has 1 atom stereocenters. The summed E-state index contributed by atoms with van der Waals surface area (Å²) in [4.78, 5) is 22.0. The van der Waals surface area contributed by atoms with Gasteiger partial charge in [0.25, 0.3) is 0 Å². The summed E-state index contributed by atoms with van der Waals surface area (Å²) < 4.78 is 8.04. The van der Waals surface area contributed by atoms with Crippen molar-refractivity contribution in [3.63, 3.8) is 0 Å². The molecule has 31 heavy (non-hydrogen) atoms. The third-order valence-corrected chi connectivity index (χ3v) is 6.08. The van der Waals surface area contributed by atoms with E-state index in [1.165, 1.54) is 22.9 Å². The second-order valence-electron chi connectivity index (χ2n) is 6.54.